The highest BCUT2D eigenvalue weighted by Crippen LogP contribution is 2.45. The Hall–Kier alpha value is -6.52. The summed E-state index contributed by atoms with van der Waals surface area (Å²) in [5.74, 6) is 0. The molecule has 0 atom stereocenters. The lowest BCUT2D eigenvalue weighted by Gasteiger charge is -2.29. The third kappa shape index (κ3) is 5.51. The quantitative estimate of drug-likeness (QED) is 0.164. The maximum absolute atomic E-state index is 2.43. The molecule has 0 bridgehead atoms. The molecule has 11 rings (SSSR count). The summed E-state index contributed by atoms with van der Waals surface area (Å²) >= 11 is 3.73. The second kappa shape index (κ2) is 13.1. The van der Waals surface area contributed by atoms with Gasteiger partial charge >= 0.3 is 0 Å². The minimum atomic E-state index is 1.11. The summed E-state index contributed by atoms with van der Waals surface area (Å²) < 4.78 is 5.29. The van der Waals surface area contributed by atoms with Gasteiger partial charge in [-0.25, -0.2) is 0 Å². The molecule has 1 nitrogen and oxygen atoms in total. The largest absolute Gasteiger partial charge is 0.310 e. The van der Waals surface area contributed by atoms with E-state index < -0.39 is 0 Å². The molecule has 0 aliphatic heterocycles. The molecule has 0 saturated heterocycles. The van der Waals surface area contributed by atoms with Gasteiger partial charge in [-0.05, 0) is 99.3 Å². The minimum Gasteiger partial charge on any atom is -0.310 e. The maximum Gasteiger partial charge on any atom is 0.0540 e. The molecule has 0 unspecified atom stereocenters. The molecular formula is C52H33NS2. The van der Waals surface area contributed by atoms with Crippen molar-refractivity contribution >= 4 is 90.9 Å². The normalized spacial score (nSPS) is 11.6. The molecule has 11 aromatic rings. The van der Waals surface area contributed by atoms with Gasteiger partial charge < -0.3 is 4.90 Å². The summed E-state index contributed by atoms with van der Waals surface area (Å²) in [5, 5.41) is 7.76. The van der Waals surface area contributed by atoms with Crippen molar-refractivity contribution in [2.75, 3.05) is 4.90 Å². The van der Waals surface area contributed by atoms with Gasteiger partial charge in [0.15, 0.2) is 0 Å². The Balaban J connectivity index is 1.06. The van der Waals surface area contributed by atoms with E-state index in [-0.39, 0.29) is 0 Å². The summed E-state index contributed by atoms with van der Waals surface area (Å²) in [4.78, 5) is 2.43. The topological polar surface area (TPSA) is 3.24 Å². The molecule has 258 valence electrons. The van der Waals surface area contributed by atoms with Crippen molar-refractivity contribution in [3.63, 3.8) is 0 Å². The SMILES string of the molecule is c1cc(-c2ccc3c(c2)sc2ccccc23)cc(N(c2ccc(-c3ccc4sc5ccccc5c4c3)cc2)c2ccccc2-c2cccc3ccccc23)c1. The van der Waals surface area contributed by atoms with E-state index in [0.717, 1.165) is 17.1 Å². The molecule has 55 heavy (non-hydrogen) atoms. The van der Waals surface area contributed by atoms with Gasteiger partial charge in [-0.1, -0.05) is 140 Å². The molecule has 2 heterocycles. The van der Waals surface area contributed by atoms with Crippen LogP contribution in [0.15, 0.2) is 200 Å². The summed E-state index contributed by atoms with van der Waals surface area (Å²) in [6.45, 7) is 0. The molecule has 0 aliphatic carbocycles. The average molecular weight is 736 g/mol. The highest BCUT2D eigenvalue weighted by atomic mass is 32.1. The second-order valence-electron chi connectivity index (χ2n) is 14.1. The van der Waals surface area contributed by atoms with E-state index in [1.165, 1.54) is 84.5 Å². The number of hydrogen-bond acceptors (Lipinski definition) is 3. The highest BCUT2D eigenvalue weighted by molar-refractivity contribution is 7.26. The summed E-state index contributed by atoms with van der Waals surface area (Å²) in [5.41, 5.74) is 10.6. The fourth-order valence-corrected chi connectivity index (χ4v) is 10.5. The Labute approximate surface area is 327 Å². The van der Waals surface area contributed by atoms with Crippen LogP contribution in [-0.2, 0) is 0 Å². The van der Waals surface area contributed by atoms with Gasteiger partial charge in [0.1, 0.15) is 0 Å². The van der Waals surface area contributed by atoms with Crippen LogP contribution >= 0.6 is 22.7 Å². The van der Waals surface area contributed by atoms with E-state index in [0.29, 0.717) is 0 Å². The van der Waals surface area contributed by atoms with Crippen LogP contribution in [0.4, 0.5) is 17.1 Å². The van der Waals surface area contributed by atoms with E-state index in [2.05, 4.69) is 205 Å². The van der Waals surface area contributed by atoms with Crippen LogP contribution in [0.25, 0.3) is 84.5 Å². The third-order valence-electron chi connectivity index (χ3n) is 10.9. The monoisotopic (exact) mass is 735 g/mol. The maximum atomic E-state index is 2.43. The molecule has 0 aliphatic rings. The number of anilines is 3. The minimum absolute atomic E-state index is 1.11. The molecule has 0 spiro atoms. The van der Waals surface area contributed by atoms with E-state index in [1.807, 2.05) is 22.7 Å². The van der Waals surface area contributed by atoms with Crippen molar-refractivity contribution in [1.82, 2.24) is 0 Å². The Morgan fingerprint density at radius 1 is 0.291 bits per heavy atom. The summed E-state index contributed by atoms with van der Waals surface area (Å²) in [6, 6.07) is 73.5. The van der Waals surface area contributed by atoms with Crippen molar-refractivity contribution in [1.29, 1.82) is 0 Å². The van der Waals surface area contributed by atoms with Gasteiger partial charge in [0.2, 0.25) is 0 Å². The van der Waals surface area contributed by atoms with Gasteiger partial charge in [-0.2, -0.15) is 0 Å². The molecule has 9 aromatic carbocycles. The Morgan fingerprint density at radius 2 is 0.855 bits per heavy atom. The van der Waals surface area contributed by atoms with Crippen molar-refractivity contribution in [3.05, 3.63) is 200 Å². The van der Waals surface area contributed by atoms with Crippen LogP contribution < -0.4 is 4.90 Å². The lowest BCUT2D eigenvalue weighted by Crippen LogP contribution is -2.11. The number of hydrogen-bond donors (Lipinski definition) is 0. The molecule has 0 fully saturated rings. The standard InChI is InChI=1S/C52H33NS2/c1-2-15-41-35(11-1)12-10-19-42(41)43-16-3-6-20-48(43)53(39-27-23-34(24-28-39)37-26-30-51-47(32-37)45-18-5-8-22-50(45)54-51)40-14-9-13-36(31-40)38-25-29-46-44-17-4-7-21-49(44)55-52(46)33-38/h1-33H. The zero-order valence-corrected chi connectivity index (χ0v) is 31.4. The predicted octanol–water partition coefficient (Wildman–Crippen LogP) is 16.0. The van der Waals surface area contributed by atoms with Crippen molar-refractivity contribution in [3.8, 4) is 33.4 Å². The van der Waals surface area contributed by atoms with E-state index in [9.17, 15) is 0 Å². The van der Waals surface area contributed by atoms with Crippen molar-refractivity contribution in [2.45, 2.75) is 0 Å². The van der Waals surface area contributed by atoms with Gasteiger partial charge in [0.05, 0.1) is 5.69 Å². The zero-order valence-electron chi connectivity index (χ0n) is 29.8. The van der Waals surface area contributed by atoms with Crippen LogP contribution in [0.2, 0.25) is 0 Å². The predicted molar refractivity (Wildman–Crippen MR) is 241 cm³/mol. The van der Waals surface area contributed by atoms with E-state index >= 15 is 0 Å². The summed E-state index contributed by atoms with van der Waals surface area (Å²) in [7, 11) is 0. The average Bonchev–Trinajstić information content (AvgIpc) is 3.82. The Bertz CT molecular complexity index is 3220. The van der Waals surface area contributed by atoms with Gasteiger partial charge in [-0.15, -0.1) is 22.7 Å². The molecule has 2 aromatic heterocycles. The number of thiophene rings is 2. The van der Waals surface area contributed by atoms with Crippen LogP contribution in [0.5, 0.6) is 0 Å². The summed E-state index contributed by atoms with van der Waals surface area (Å²) in [6.07, 6.45) is 0. The lowest BCUT2D eigenvalue weighted by atomic mass is 9.95. The second-order valence-corrected chi connectivity index (χ2v) is 16.3. The molecule has 3 heteroatoms. The van der Waals surface area contributed by atoms with Crippen LogP contribution in [0.1, 0.15) is 0 Å². The number of fused-ring (bicyclic) bond motifs is 7. The molecular weight excluding hydrogens is 703 g/mol. The van der Waals surface area contributed by atoms with Crippen LogP contribution in [0, 0.1) is 0 Å². The van der Waals surface area contributed by atoms with Crippen molar-refractivity contribution in [2.24, 2.45) is 0 Å². The number of benzene rings is 9. The van der Waals surface area contributed by atoms with Gasteiger partial charge in [0, 0.05) is 57.3 Å². The molecule has 0 radical (unpaired) electrons. The van der Waals surface area contributed by atoms with E-state index in [1.54, 1.807) is 0 Å². The first-order valence-corrected chi connectivity index (χ1v) is 20.3. The zero-order chi connectivity index (χ0) is 36.3. The third-order valence-corrected chi connectivity index (χ3v) is 13.2. The fraction of sp³-hybridized carbons (Fsp3) is 0. The Kier molecular flexibility index (Phi) is 7.61. The number of para-hydroxylation sites is 1. The van der Waals surface area contributed by atoms with Gasteiger partial charge in [0.25, 0.3) is 0 Å². The number of rotatable bonds is 6. The first-order chi connectivity index (χ1) is 27.2. The lowest BCUT2D eigenvalue weighted by molar-refractivity contribution is 1.28. The highest BCUT2D eigenvalue weighted by Gasteiger charge is 2.19. The molecule has 0 N–H and O–H groups in total. The number of nitrogens with zero attached hydrogens (tertiary/aromatic N) is 1. The first kappa shape index (κ1) is 32.0. The molecule has 0 amide bonds. The smallest absolute Gasteiger partial charge is 0.0540 e. The van der Waals surface area contributed by atoms with Crippen LogP contribution in [0.3, 0.4) is 0 Å². The first-order valence-electron chi connectivity index (χ1n) is 18.7. The van der Waals surface area contributed by atoms with E-state index in [4.69, 9.17) is 0 Å². The van der Waals surface area contributed by atoms with Crippen molar-refractivity contribution < 1.29 is 0 Å². The van der Waals surface area contributed by atoms with Crippen LogP contribution in [-0.4, -0.2) is 0 Å². The fourth-order valence-electron chi connectivity index (χ4n) is 8.22. The molecule has 0 saturated carbocycles. The van der Waals surface area contributed by atoms with Gasteiger partial charge in [-0.3, -0.25) is 0 Å². The Morgan fingerprint density at radius 3 is 1.71 bits per heavy atom.